The van der Waals surface area contributed by atoms with Crippen LogP contribution in [-0.4, -0.2) is 24.3 Å². The van der Waals surface area contributed by atoms with Crippen LogP contribution in [-0.2, 0) is 0 Å². The van der Waals surface area contributed by atoms with E-state index in [-0.39, 0.29) is 18.7 Å². The molecule has 86 valence electrons. The Morgan fingerprint density at radius 3 is 2.73 bits per heavy atom. The van der Waals surface area contributed by atoms with E-state index >= 15 is 0 Å². The summed E-state index contributed by atoms with van der Waals surface area (Å²) in [4.78, 5) is 0. The second-order valence-corrected chi connectivity index (χ2v) is 3.82. The van der Waals surface area contributed by atoms with E-state index in [9.17, 15) is 0 Å². The fourth-order valence-electron chi connectivity index (χ4n) is 1.53. The molecule has 15 heavy (non-hydrogen) atoms. The van der Waals surface area contributed by atoms with Gasteiger partial charge in [-0.3, -0.25) is 0 Å². The van der Waals surface area contributed by atoms with Crippen molar-refractivity contribution >= 4 is 0 Å². The first-order valence-corrected chi connectivity index (χ1v) is 5.30. The van der Waals surface area contributed by atoms with Crippen molar-refractivity contribution in [3.8, 4) is 0 Å². The summed E-state index contributed by atoms with van der Waals surface area (Å²) in [7, 11) is 0. The van der Waals surface area contributed by atoms with Gasteiger partial charge in [0.05, 0.1) is 6.04 Å². The maximum atomic E-state index is 8.80. The molecule has 0 amide bonds. The summed E-state index contributed by atoms with van der Waals surface area (Å²) in [5, 5.41) is 12.1. The Morgan fingerprint density at radius 1 is 1.53 bits per heavy atom. The predicted molar refractivity (Wildman–Crippen MR) is 59.5 cm³/mol. The summed E-state index contributed by atoms with van der Waals surface area (Å²) in [5.74, 6) is 1.75. The standard InChI is InChI=1S/C11H20N2O2/c1-8(5-6-14)13-10(7-12)11-4-3-9(2)15-11/h3-4,8,10,13-14H,5-7,12H2,1-2H3. The van der Waals surface area contributed by atoms with Crippen LogP contribution in [0.15, 0.2) is 16.5 Å². The molecule has 0 aliphatic rings. The highest BCUT2D eigenvalue weighted by molar-refractivity contribution is 5.10. The van der Waals surface area contributed by atoms with Gasteiger partial charge in [0.25, 0.3) is 0 Å². The minimum Gasteiger partial charge on any atom is -0.465 e. The highest BCUT2D eigenvalue weighted by atomic mass is 16.3. The van der Waals surface area contributed by atoms with Gasteiger partial charge in [-0.1, -0.05) is 0 Å². The quantitative estimate of drug-likeness (QED) is 0.656. The lowest BCUT2D eigenvalue weighted by Crippen LogP contribution is -2.35. The lowest BCUT2D eigenvalue weighted by molar-refractivity contribution is 0.259. The maximum Gasteiger partial charge on any atom is 0.122 e. The third-order valence-corrected chi connectivity index (χ3v) is 2.39. The van der Waals surface area contributed by atoms with Crippen LogP contribution in [0.3, 0.4) is 0 Å². The van der Waals surface area contributed by atoms with Crippen molar-refractivity contribution in [3.05, 3.63) is 23.7 Å². The lowest BCUT2D eigenvalue weighted by Gasteiger charge is -2.19. The van der Waals surface area contributed by atoms with E-state index in [4.69, 9.17) is 15.3 Å². The average molecular weight is 212 g/mol. The second kappa shape index (κ2) is 5.90. The van der Waals surface area contributed by atoms with E-state index in [0.29, 0.717) is 6.54 Å². The molecule has 2 atom stereocenters. The summed E-state index contributed by atoms with van der Waals surface area (Å²) < 4.78 is 5.51. The molecular weight excluding hydrogens is 192 g/mol. The second-order valence-electron chi connectivity index (χ2n) is 3.82. The van der Waals surface area contributed by atoms with Gasteiger partial charge in [0.2, 0.25) is 0 Å². The molecule has 1 heterocycles. The summed E-state index contributed by atoms with van der Waals surface area (Å²) in [6.07, 6.45) is 0.718. The third kappa shape index (κ3) is 3.66. The minimum absolute atomic E-state index is 0.0280. The Hall–Kier alpha value is -0.840. The van der Waals surface area contributed by atoms with Gasteiger partial charge in [-0.15, -0.1) is 0 Å². The SMILES string of the molecule is Cc1ccc(C(CN)NC(C)CCO)o1. The molecule has 0 radical (unpaired) electrons. The first-order valence-electron chi connectivity index (χ1n) is 5.30. The Balaban J connectivity index is 2.56. The molecule has 0 bridgehead atoms. The third-order valence-electron chi connectivity index (χ3n) is 2.39. The smallest absolute Gasteiger partial charge is 0.122 e. The van der Waals surface area contributed by atoms with Crippen LogP contribution < -0.4 is 11.1 Å². The van der Waals surface area contributed by atoms with Gasteiger partial charge in [0, 0.05) is 19.2 Å². The maximum absolute atomic E-state index is 8.80. The Morgan fingerprint density at radius 2 is 2.27 bits per heavy atom. The van der Waals surface area contributed by atoms with E-state index in [2.05, 4.69) is 5.32 Å². The lowest BCUT2D eigenvalue weighted by atomic mass is 10.1. The van der Waals surface area contributed by atoms with Gasteiger partial charge in [-0.05, 0) is 32.4 Å². The van der Waals surface area contributed by atoms with Crippen LogP contribution >= 0.6 is 0 Å². The van der Waals surface area contributed by atoms with Crippen LogP contribution in [0.4, 0.5) is 0 Å². The molecule has 0 aliphatic heterocycles. The van der Waals surface area contributed by atoms with Crippen molar-refractivity contribution in [2.45, 2.75) is 32.4 Å². The number of aryl methyl sites for hydroxylation is 1. The molecule has 1 rings (SSSR count). The summed E-state index contributed by atoms with van der Waals surface area (Å²) in [5.41, 5.74) is 5.67. The molecule has 2 unspecified atom stereocenters. The van der Waals surface area contributed by atoms with Gasteiger partial charge in [0.15, 0.2) is 0 Å². The Kier molecular flexibility index (Phi) is 4.81. The molecule has 0 aromatic carbocycles. The van der Waals surface area contributed by atoms with Crippen molar-refractivity contribution < 1.29 is 9.52 Å². The molecule has 0 aliphatic carbocycles. The summed E-state index contributed by atoms with van der Waals surface area (Å²) in [6, 6.07) is 4.12. The summed E-state index contributed by atoms with van der Waals surface area (Å²) in [6.45, 7) is 4.61. The van der Waals surface area contributed by atoms with E-state index in [1.807, 2.05) is 26.0 Å². The number of aliphatic hydroxyl groups is 1. The van der Waals surface area contributed by atoms with E-state index in [1.165, 1.54) is 0 Å². The predicted octanol–water partition coefficient (Wildman–Crippen LogP) is 0.948. The number of hydrogen-bond acceptors (Lipinski definition) is 4. The van der Waals surface area contributed by atoms with Crippen molar-refractivity contribution in [2.24, 2.45) is 5.73 Å². The van der Waals surface area contributed by atoms with E-state index in [0.717, 1.165) is 17.9 Å². The molecule has 0 fully saturated rings. The van der Waals surface area contributed by atoms with E-state index in [1.54, 1.807) is 0 Å². The molecule has 4 heteroatoms. The van der Waals surface area contributed by atoms with Crippen LogP contribution in [0.2, 0.25) is 0 Å². The van der Waals surface area contributed by atoms with Crippen molar-refractivity contribution in [1.82, 2.24) is 5.32 Å². The number of rotatable bonds is 6. The zero-order chi connectivity index (χ0) is 11.3. The molecular formula is C11H20N2O2. The molecule has 0 spiro atoms. The van der Waals surface area contributed by atoms with Gasteiger partial charge < -0.3 is 20.6 Å². The van der Waals surface area contributed by atoms with Crippen LogP contribution in [0.5, 0.6) is 0 Å². The van der Waals surface area contributed by atoms with Crippen molar-refractivity contribution in [1.29, 1.82) is 0 Å². The van der Waals surface area contributed by atoms with Gasteiger partial charge in [0.1, 0.15) is 11.5 Å². The molecule has 1 aromatic rings. The molecule has 0 saturated heterocycles. The largest absolute Gasteiger partial charge is 0.465 e. The topological polar surface area (TPSA) is 71.4 Å². The molecule has 0 saturated carbocycles. The summed E-state index contributed by atoms with van der Waals surface area (Å²) >= 11 is 0. The van der Waals surface area contributed by atoms with Crippen LogP contribution in [0, 0.1) is 6.92 Å². The van der Waals surface area contributed by atoms with Gasteiger partial charge >= 0.3 is 0 Å². The van der Waals surface area contributed by atoms with Crippen LogP contribution in [0.25, 0.3) is 0 Å². The fraction of sp³-hybridized carbons (Fsp3) is 0.636. The molecule has 4 N–H and O–H groups in total. The fourth-order valence-corrected chi connectivity index (χ4v) is 1.53. The monoisotopic (exact) mass is 212 g/mol. The molecule has 1 aromatic heterocycles. The zero-order valence-corrected chi connectivity index (χ0v) is 9.36. The number of hydrogen-bond donors (Lipinski definition) is 3. The number of nitrogens with one attached hydrogen (secondary N) is 1. The van der Waals surface area contributed by atoms with Gasteiger partial charge in [-0.25, -0.2) is 0 Å². The highest BCUT2D eigenvalue weighted by Gasteiger charge is 2.15. The number of aliphatic hydroxyl groups excluding tert-OH is 1. The van der Waals surface area contributed by atoms with Crippen molar-refractivity contribution in [2.75, 3.05) is 13.2 Å². The number of furan rings is 1. The first kappa shape index (κ1) is 12.2. The first-order chi connectivity index (χ1) is 7.17. The molecule has 4 nitrogen and oxygen atoms in total. The van der Waals surface area contributed by atoms with E-state index < -0.39 is 0 Å². The van der Waals surface area contributed by atoms with Crippen molar-refractivity contribution in [3.63, 3.8) is 0 Å². The van der Waals surface area contributed by atoms with Gasteiger partial charge in [-0.2, -0.15) is 0 Å². The average Bonchev–Trinajstić information content (AvgIpc) is 2.61. The Bertz CT molecular complexity index is 286. The number of nitrogens with two attached hydrogens (primary N) is 1. The normalized spacial score (nSPS) is 15.2. The zero-order valence-electron chi connectivity index (χ0n) is 9.36. The minimum atomic E-state index is 0.0280. The Labute approximate surface area is 90.5 Å². The highest BCUT2D eigenvalue weighted by Crippen LogP contribution is 2.16. The van der Waals surface area contributed by atoms with Crippen LogP contribution in [0.1, 0.15) is 30.9 Å².